The summed E-state index contributed by atoms with van der Waals surface area (Å²) in [7, 11) is 0. The largest absolute Gasteiger partial charge is 0.465 e. The smallest absolute Gasteiger partial charge is 0.407 e. The molecule has 4 N–H and O–H groups in total. The van der Waals surface area contributed by atoms with Gasteiger partial charge in [0.2, 0.25) is 0 Å². The Balaban J connectivity index is 0.00000121. The molecule has 1 heterocycles. The van der Waals surface area contributed by atoms with Crippen LogP contribution in [0.1, 0.15) is 6.42 Å². The van der Waals surface area contributed by atoms with Crippen LogP contribution in [0.4, 0.5) is 4.79 Å². The summed E-state index contributed by atoms with van der Waals surface area (Å²) >= 11 is 0. The van der Waals surface area contributed by atoms with Gasteiger partial charge in [0.05, 0.1) is 6.10 Å². The van der Waals surface area contributed by atoms with Crippen molar-refractivity contribution in [3.8, 4) is 0 Å². The first-order valence-corrected chi connectivity index (χ1v) is 3.53. The molecule has 1 aliphatic rings. The van der Waals surface area contributed by atoms with Gasteiger partial charge in [0.1, 0.15) is 0 Å². The number of hydrogen-bond donors (Lipinski definition) is 3. The van der Waals surface area contributed by atoms with E-state index < -0.39 is 18.2 Å². The van der Waals surface area contributed by atoms with E-state index in [4.69, 9.17) is 15.9 Å². The van der Waals surface area contributed by atoms with Crippen molar-refractivity contribution in [1.82, 2.24) is 4.90 Å². The summed E-state index contributed by atoms with van der Waals surface area (Å²) in [6.45, 7) is 0.612. The van der Waals surface area contributed by atoms with Crippen LogP contribution in [0.2, 0.25) is 0 Å². The van der Waals surface area contributed by atoms with Crippen molar-refractivity contribution in [2.45, 2.75) is 18.6 Å². The zero-order chi connectivity index (χ0) is 8.43. The van der Waals surface area contributed by atoms with Gasteiger partial charge in [-0.15, -0.1) is 12.4 Å². The van der Waals surface area contributed by atoms with E-state index >= 15 is 0 Å². The highest BCUT2D eigenvalue weighted by atomic mass is 35.5. The fraction of sp³-hybridized carbons (Fsp3) is 0.833. The van der Waals surface area contributed by atoms with Crippen LogP contribution in [-0.2, 0) is 0 Å². The van der Waals surface area contributed by atoms with Gasteiger partial charge in [-0.25, -0.2) is 4.79 Å². The summed E-state index contributed by atoms with van der Waals surface area (Å²) < 4.78 is 0. The number of carbonyl (C=O) groups is 1. The Kier molecular flexibility index (Phi) is 4.30. The van der Waals surface area contributed by atoms with Crippen molar-refractivity contribution in [1.29, 1.82) is 0 Å². The van der Waals surface area contributed by atoms with Crippen LogP contribution in [0.15, 0.2) is 0 Å². The van der Waals surface area contributed by atoms with Gasteiger partial charge in [-0.1, -0.05) is 0 Å². The topological polar surface area (TPSA) is 86.8 Å². The van der Waals surface area contributed by atoms with Gasteiger partial charge in [-0.05, 0) is 6.42 Å². The maximum Gasteiger partial charge on any atom is 0.407 e. The van der Waals surface area contributed by atoms with Crippen molar-refractivity contribution < 1.29 is 15.0 Å². The number of aliphatic hydroxyl groups is 1. The molecule has 0 saturated carbocycles. The van der Waals surface area contributed by atoms with E-state index in [1.54, 1.807) is 0 Å². The standard InChI is InChI=1S/C6H12N2O3.ClH/c7-4-3-8(6(10)11)2-1-5(4)9;/h4-5,9H,1-3,7H2,(H,10,11);1H. The summed E-state index contributed by atoms with van der Waals surface area (Å²) in [5.74, 6) is 0. The van der Waals surface area contributed by atoms with Gasteiger partial charge in [0.15, 0.2) is 0 Å². The molecular formula is C6H13ClN2O3. The molecule has 5 nitrogen and oxygen atoms in total. The Morgan fingerprint density at radius 3 is 2.58 bits per heavy atom. The number of carboxylic acid groups (broad SMARTS) is 1. The average molecular weight is 197 g/mol. The van der Waals surface area contributed by atoms with E-state index in [1.165, 1.54) is 4.90 Å². The second kappa shape index (κ2) is 4.49. The van der Waals surface area contributed by atoms with Gasteiger partial charge < -0.3 is 20.8 Å². The number of amides is 1. The van der Waals surface area contributed by atoms with E-state index in [2.05, 4.69) is 0 Å². The van der Waals surface area contributed by atoms with Crippen LogP contribution < -0.4 is 5.73 Å². The quantitative estimate of drug-likeness (QED) is 0.487. The molecule has 1 aliphatic heterocycles. The number of halogens is 1. The molecule has 0 spiro atoms. The highest BCUT2D eigenvalue weighted by Crippen LogP contribution is 2.08. The van der Waals surface area contributed by atoms with Crippen LogP contribution >= 0.6 is 12.4 Å². The fourth-order valence-electron chi connectivity index (χ4n) is 1.14. The maximum atomic E-state index is 10.4. The van der Waals surface area contributed by atoms with E-state index in [9.17, 15) is 4.79 Å². The predicted octanol–water partition coefficient (Wildman–Crippen LogP) is -0.520. The molecule has 0 radical (unpaired) electrons. The van der Waals surface area contributed by atoms with Crippen molar-refractivity contribution in [2.24, 2.45) is 5.73 Å². The minimum Gasteiger partial charge on any atom is -0.465 e. The van der Waals surface area contributed by atoms with Crippen molar-refractivity contribution in [2.75, 3.05) is 13.1 Å². The molecule has 6 heteroatoms. The molecule has 1 amide bonds. The van der Waals surface area contributed by atoms with Gasteiger partial charge in [0, 0.05) is 19.1 Å². The normalized spacial score (nSPS) is 29.3. The molecule has 1 saturated heterocycles. The monoisotopic (exact) mass is 196 g/mol. The summed E-state index contributed by atoms with van der Waals surface area (Å²) in [6, 6.07) is -0.431. The molecule has 12 heavy (non-hydrogen) atoms. The van der Waals surface area contributed by atoms with E-state index in [1.807, 2.05) is 0 Å². The third-order valence-corrected chi connectivity index (χ3v) is 1.89. The second-order valence-corrected chi connectivity index (χ2v) is 2.75. The Bertz CT molecular complexity index is 167. The van der Waals surface area contributed by atoms with Crippen molar-refractivity contribution >= 4 is 18.5 Å². The molecule has 1 fully saturated rings. The molecule has 0 aromatic carbocycles. The molecule has 1 rings (SSSR count). The maximum absolute atomic E-state index is 10.4. The zero-order valence-electron chi connectivity index (χ0n) is 6.51. The van der Waals surface area contributed by atoms with Crippen molar-refractivity contribution in [3.05, 3.63) is 0 Å². The third kappa shape index (κ3) is 2.51. The summed E-state index contributed by atoms with van der Waals surface area (Å²) in [4.78, 5) is 11.6. The Morgan fingerprint density at radius 2 is 2.17 bits per heavy atom. The third-order valence-electron chi connectivity index (χ3n) is 1.89. The van der Waals surface area contributed by atoms with Crippen LogP contribution in [0.3, 0.4) is 0 Å². The lowest BCUT2D eigenvalue weighted by Gasteiger charge is -2.32. The first kappa shape index (κ1) is 11.5. The van der Waals surface area contributed by atoms with Crippen LogP contribution in [0, 0.1) is 0 Å². The first-order valence-electron chi connectivity index (χ1n) is 3.53. The molecule has 0 aromatic heterocycles. The van der Waals surface area contributed by atoms with Gasteiger partial charge in [0.25, 0.3) is 0 Å². The van der Waals surface area contributed by atoms with Crippen LogP contribution in [0.5, 0.6) is 0 Å². The Morgan fingerprint density at radius 1 is 1.58 bits per heavy atom. The summed E-state index contributed by atoms with van der Waals surface area (Å²) in [5.41, 5.74) is 5.45. The number of rotatable bonds is 0. The average Bonchev–Trinajstić information content (AvgIpc) is 1.94. The first-order chi connectivity index (χ1) is 5.11. The molecule has 0 aromatic rings. The summed E-state index contributed by atoms with van der Waals surface area (Å²) in [5, 5.41) is 17.7. The predicted molar refractivity (Wildman–Crippen MR) is 45.4 cm³/mol. The number of aliphatic hydroxyl groups excluding tert-OH is 1. The molecule has 72 valence electrons. The van der Waals surface area contributed by atoms with Gasteiger partial charge in [-0.2, -0.15) is 0 Å². The lowest BCUT2D eigenvalue weighted by atomic mass is 10.0. The lowest BCUT2D eigenvalue weighted by molar-refractivity contribution is 0.0607. The highest BCUT2D eigenvalue weighted by molar-refractivity contribution is 5.85. The van der Waals surface area contributed by atoms with Crippen LogP contribution in [-0.4, -0.2) is 46.4 Å². The van der Waals surface area contributed by atoms with Gasteiger partial charge >= 0.3 is 6.09 Å². The number of nitrogens with zero attached hydrogens (tertiary/aromatic N) is 1. The number of hydrogen-bond acceptors (Lipinski definition) is 3. The van der Waals surface area contributed by atoms with E-state index in [0.717, 1.165) is 0 Å². The highest BCUT2D eigenvalue weighted by Gasteiger charge is 2.26. The number of likely N-dealkylation sites (tertiary alicyclic amines) is 1. The number of piperidine rings is 1. The Labute approximate surface area is 76.6 Å². The van der Waals surface area contributed by atoms with Gasteiger partial charge in [-0.3, -0.25) is 0 Å². The molecule has 0 aliphatic carbocycles. The van der Waals surface area contributed by atoms with Crippen LogP contribution in [0.25, 0.3) is 0 Å². The minimum absolute atomic E-state index is 0. The minimum atomic E-state index is -0.965. The molecule has 2 atom stereocenters. The van der Waals surface area contributed by atoms with E-state index in [-0.39, 0.29) is 19.0 Å². The molecule has 0 bridgehead atoms. The second-order valence-electron chi connectivity index (χ2n) is 2.75. The SMILES string of the molecule is Cl.NC1CN(C(=O)O)CCC1O. The van der Waals surface area contributed by atoms with Crippen molar-refractivity contribution in [3.63, 3.8) is 0 Å². The number of nitrogens with two attached hydrogens (primary N) is 1. The fourth-order valence-corrected chi connectivity index (χ4v) is 1.14. The van der Waals surface area contributed by atoms with E-state index in [0.29, 0.717) is 13.0 Å². The molecular weight excluding hydrogens is 184 g/mol. The summed E-state index contributed by atoms with van der Waals surface area (Å²) in [6.07, 6.45) is -1.08. The Hall–Kier alpha value is -0.520. The molecule has 2 unspecified atom stereocenters. The lowest BCUT2D eigenvalue weighted by Crippen LogP contribution is -2.52. The zero-order valence-corrected chi connectivity index (χ0v) is 7.33.